The second kappa shape index (κ2) is 13.7. The van der Waals surface area contributed by atoms with E-state index >= 15 is 0 Å². The van der Waals surface area contributed by atoms with Crippen molar-refractivity contribution in [3.8, 4) is 0 Å². The predicted octanol–water partition coefficient (Wildman–Crippen LogP) is 2.82. The van der Waals surface area contributed by atoms with E-state index in [0.29, 0.717) is 18.5 Å². The molecule has 31 heavy (non-hydrogen) atoms. The maximum Gasteiger partial charge on any atom is 0.407 e. The molecule has 0 bridgehead atoms. The maximum atomic E-state index is 12.1. The Hall–Kier alpha value is -0.810. The van der Waals surface area contributed by atoms with E-state index in [4.69, 9.17) is 9.47 Å². The van der Waals surface area contributed by atoms with Gasteiger partial charge < -0.3 is 30.3 Å². The molecule has 2 rings (SSSR count). The first-order chi connectivity index (χ1) is 14.2. The van der Waals surface area contributed by atoms with Crippen LogP contribution in [-0.4, -0.2) is 81.1 Å². The summed E-state index contributed by atoms with van der Waals surface area (Å²) in [6, 6.07) is 0.373. The highest BCUT2D eigenvalue weighted by Gasteiger charge is 2.25. The van der Waals surface area contributed by atoms with Crippen molar-refractivity contribution in [1.82, 2.24) is 20.9 Å². The number of hydrogen-bond acceptors (Lipinski definition) is 5. The van der Waals surface area contributed by atoms with Gasteiger partial charge in [-0.1, -0.05) is 13.8 Å². The molecule has 0 saturated carbocycles. The molecule has 2 saturated heterocycles. The van der Waals surface area contributed by atoms with Crippen LogP contribution in [0.2, 0.25) is 0 Å². The third-order valence-corrected chi connectivity index (χ3v) is 5.69. The molecule has 3 N–H and O–H groups in total. The van der Waals surface area contributed by atoms with Crippen molar-refractivity contribution in [2.75, 3.05) is 46.4 Å². The molecular weight excluding hydrogens is 509 g/mol. The summed E-state index contributed by atoms with van der Waals surface area (Å²) in [4.78, 5) is 19.1. The number of nitrogens with zero attached hydrogens (tertiary/aromatic N) is 2. The number of aliphatic imine (C=N–C) groups is 1. The Bertz CT molecular complexity index is 554. The Labute approximate surface area is 205 Å². The van der Waals surface area contributed by atoms with Crippen molar-refractivity contribution in [3.05, 3.63) is 0 Å². The summed E-state index contributed by atoms with van der Waals surface area (Å²) in [7, 11) is 1.79. The Kier molecular flexibility index (Phi) is 12.4. The highest BCUT2D eigenvalue weighted by molar-refractivity contribution is 14.0. The van der Waals surface area contributed by atoms with Gasteiger partial charge in [-0.05, 0) is 51.9 Å². The van der Waals surface area contributed by atoms with Gasteiger partial charge in [0.15, 0.2) is 5.96 Å². The van der Waals surface area contributed by atoms with Crippen LogP contribution >= 0.6 is 24.0 Å². The number of alkyl carbamates (subject to hydrolysis) is 1. The number of nitrogens with one attached hydrogen (secondary N) is 3. The van der Waals surface area contributed by atoms with Crippen molar-refractivity contribution in [1.29, 1.82) is 0 Å². The standard InChI is InChI=1S/C22H43N5O3.HI/c1-16(2)19(26-21(28)30-22(3,4)5)13-24-20(23-6)25-18-7-10-27(11-8-18)14-17-9-12-29-15-17;/h16-19H,7-15H2,1-6H3,(H,26,28)(H2,23,24,25);1H. The zero-order valence-corrected chi connectivity index (χ0v) is 22.5. The van der Waals surface area contributed by atoms with Gasteiger partial charge in [-0.2, -0.15) is 0 Å². The second-order valence-electron chi connectivity index (χ2n) is 9.90. The third-order valence-electron chi connectivity index (χ3n) is 5.69. The van der Waals surface area contributed by atoms with Crippen LogP contribution in [0.15, 0.2) is 4.99 Å². The summed E-state index contributed by atoms with van der Waals surface area (Å²) in [5.41, 5.74) is -0.504. The largest absolute Gasteiger partial charge is 0.444 e. The van der Waals surface area contributed by atoms with E-state index in [9.17, 15) is 4.79 Å². The van der Waals surface area contributed by atoms with Gasteiger partial charge in [-0.15, -0.1) is 24.0 Å². The Morgan fingerprint density at radius 2 is 1.90 bits per heavy atom. The van der Waals surface area contributed by atoms with Gasteiger partial charge in [0.05, 0.1) is 12.6 Å². The first-order valence-electron chi connectivity index (χ1n) is 11.4. The van der Waals surface area contributed by atoms with Gasteiger partial charge in [-0.3, -0.25) is 4.99 Å². The molecule has 0 aliphatic carbocycles. The first-order valence-corrected chi connectivity index (χ1v) is 11.4. The van der Waals surface area contributed by atoms with E-state index in [1.54, 1.807) is 7.05 Å². The molecule has 2 heterocycles. The van der Waals surface area contributed by atoms with Crippen molar-refractivity contribution in [3.63, 3.8) is 0 Å². The molecule has 2 fully saturated rings. The van der Waals surface area contributed by atoms with E-state index in [2.05, 4.69) is 39.7 Å². The average molecular weight is 554 g/mol. The van der Waals surface area contributed by atoms with Crippen LogP contribution in [0.25, 0.3) is 0 Å². The fourth-order valence-corrected chi connectivity index (χ4v) is 3.86. The van der Waals surface area contributed by atoms with Crippen molar-refractivity contribution < 1.29 is 14.3 Å². The molecule has 8 nitrogen and oxygen atoms in total. The van der Waals surface area contributed by atoms with Crippen molar-refractivity contribution >= 4 is 36.0 Å². The Morgan fingerprint density at radius 3 is 2.42 bits per heavy atom. The SMILES string of the molecule is CN=C(NCC(NC(=O)OC(C)(C)C)C(C)C)NC1CCN(CC2CCOC2)CC1.I. The lowest BCUT2D eigenvalue weighted by molar-refractivity contribution is 0.0491. The molecule has 0 aromatic rings. The topological polar surface area (TPSA) is 87.2 Å². The number of halogens is 1. The van der Waals surface area contributed by atoms with Gasteiger partial charge in [0.1, 0.15) is 5.60 Å². The summed E-state index contributed by atoms with van der Waals surface area (Å²) in [5, 5.41) is 9.90. The smallest absolute Gasteiger partial charge is 0.407 e. The average Bonchev–Trinajstić information content (AvgIpc) is 3.16. The van der Waals surface area contributed by atoms with Crippen LogP contribution in [0.5, 0.6) is 0 Å². The molecule has 0 radical (unpaired) electrons. The van der Waals surface area contributed by atoms with E-state index in [1.165, 1.54) is 6.42 Å². The lowest BCUT2D eigenvalue weighted by Gasteiger charge is -2.34. The Balaban J connectivity index is 0.00000480. The first kappa shape index (κ1) is 28.2. The second-order valence-corrected chi connectivity index (χ2v) is 9.90. The summed E-state index contributed by atoms with van der Waals surface area (Å²) < 4.78 is 10.9. The van der Waals surface area contributed by atoms with E-state index in [1.807, 2.05) is 20.8 Å². The fourth-order valence-electron chi connectivity index (χ4n) is 3.86. The Morgan fingerprint density at radius 1 is 1.23 bits per heavy atom. The molecule has 2 atom stereocenters. The number of likely N-dealkylation sites (tertiary alicyclic amines) is 1. The van der Waals surface area contributed by atoms with Gasteiger partial charge in [-0.25, -0.2) is 4.79 Å². The zero-order valence-electron chi connectivity index (χ0n) is 20.2. The number of ether oxygens (including phenoxy) is 2. The lowest BCUT2D eigenvalue weighted by Crippen LogP contribution is -2.53. The molecule has 0 spiro atoms. The van der Waals surface area contributed by atoms with E-state index in [0.717, 1.165) is 51.6 Å². The summed E-state index contributed by atoms with van der Waals surface area (Å²) in [6.07, 6.45) is 3.03. The number of guanidine groups is 1. The van der Waals surface area contributed by atoms with Gasteiger partial charge in [0.25, 0.3) is 0 Å². The van der Waals surface area contributed by atoms with Crippen molar-refractivity contribution in [2.45, 2.75) is 71.6 Å². The third kappa shape index (κ3) is 11.1. The minimum atomic E-state index is -0.504. The molecule has 2 aliphatic rings. The number of carbonyl (C=O) groups is 1. The molecule has 0 aromatic heterocycles. The number of piperidine rings is 1. The summed E-state index contributed by atoms with van der Waals surface area (Å²) in [5.74, 6) is 1.76. The molecule has 2 unspecified atom stereocenters. The van der Waals surface area contributed by atoms with Crippen LogP contribution in [0.1, 0.15) is 53.9 Å². The fraction of sp³-hybridized carbons (Fsp3) is 0.909. The number of hydrogen-bond donors (Lipinski definition) is 3. The van der Waals surface area contributed by atoms with Crippen LogP contribution in [-0.2, 0) is 9.47 Å². The maximum absolute atomic E-state index is 12.1. The monoisotopic (exact) mass is 553 g/mol. The summed E-state index contributed by atoms with van der Waals surface area (Å²) >= 11 is 0. The lowest BCUT2D eigenvalue weighted by atomic mass is 10.0. The van der Waals surface area contributed by atoms with Crippen LogP contribution in [0.4, 0.5) is 4.79 Å². The van der Waals surface area contributed by atoms with E-state index in [-0.39, 0.29) is 42.0 Å². The molecular formula is C22H44IN5O3. The van der Waals surface area contributed by atoms with Crippen LogP contribution in [0, 0.1) is 11.8 Å². The molecule has 182 valence electrons. The van der Waals surface area contributed by atoms with Crippen LogP contribution in [0.3, 0.4) is 0 Å². The van der Waals surface area contributed by atoms with Gasteiger partial charge in [0.2, 0.25) is 0 Å². The molecule has 9 heteroatoms. The predicted molar refractivity (Wildman–Crippen MR) is 136 cm³/mol. The minimum absolute atomic E-state index is 0. The zero-order chi connectivity index (χ0) is 22.1. The number of amides is 1. The van der Waals surface area contributed by atoms with Crippen molar-refractivity contribution in [2.24, 2.45) is 16.8 Å². The van der Waals surface area contributed by atoms with Gasteiger partial charge in [0, 0.05) is 45.9 Å². The highest BCUT2D eigenvalue weighted by Crippen LogP contribution is 2.17. The quantitative estimate of drug-likeness (QED) is 0.256. The van der Waals surface area contributed by atoms with Gasteiger partial charge >= 0.3 is 6.09 Å². The minimum Gasteiger partial charge on any atom is -0.444 e. The molecule has 0 aromatic carbocycles. The molecule has 2 aliphatic heterocycles. The molecule has 1 amide bonds. The normalized spacial score (nSPS) is 22.0. The summed E-state index contributed by atoms with van der Waals surface area (Å²) in [6.45, 7) is 15.6. The number of rotatable bonds is 7. The highest BCUT2D eigenvalue weighted by atomic mass is 127. The van der Waals surface area contributed by atoms with Crippen LogP contribution < -0.4 is 16.0 Å². The van der Waals surface area contributed by atoms with E-state index < -0.39 is 5.60 Å². The number of carbonyl (C=O) groups excluding carboxylic acids is 1.